The minimum absolute atomic E-state index is 0.0152. The number of methoxy groups -OCH3 is 1. The van der Waals surface area contributed by atoms with Gasteiger partial charge in [-0.3, -0.25) is 10.1 Å². The van der Waals surface area contributed by atoms with Crippen LogP contribution in [-0.2, 0) is 9.47 Å². The van der Waals surface area contributed by atoms with Crippen molar-refractivity contribution in [2.75, 3.05) is 20.3 Å². The van der Waals surface area contributed by atoms with Gasteiger partial charge in [0.2, 0.25) is 0 Å². The fraction of sp³-hybridized carbons (Fsp3) is 0.400. The maximum Gasteiger partial charge on any atom is 0.273 e. The van der Waals surface area contributed by atoms with Crippen LogP contribution in [0.5, 0.6) is 5.75 Å². The molecule has 0 N–H and O–H groups in total. The van der Waals surface area contributed by atoms with Crippen molar-refractivity contribution in [1.82, 2.24) is 0 Å². The van der Waals surface area contributed by atoms with Gasteiger partial charge >= 0.3 is 0 Å². The molecule has 1 aromatic rings. The van der Waals surface area contributed by atoms with Gasteiger partial charge in [0.15, 0.2) is 6.29 Å². The lowest BCUT2D eigenvalue weighted by molar-refractivity contribution is -0.385. The van der Waals surface area contributed by atoms with Crippen molar-refractivity contribution in [2.45, 2.75) is 6.29 Å². The first-order valence-electron chi connectivity index (χ1n) is 4.78. The van der Waals surface area contributed by atoms with Crippen LogP contribution in [0.2, 0.25) is 0 Å². The van der Waals surface area contributed by atoms with E-state index in [1.54, 1.807) is 6.07 Å². The number of hydrogen-bond donors (Lipinski definition) is 0. The predicted octanol–water partition coefficient (Wildman–Crippen LogP) is 1.65. The topological polar surface area (TPSA) is 70.8 Å². The lowest BCUT2D eigenvalue weighted by atomic mass is 10.1. The third-order valence-corrected chi connectivity index (χ3v) is 2.30. The molecule has 1 aromatic carbocycles. The number of rotatable bonds is 3. The molecule has 0 amide bonds. The predicted molar refractivity (Wildman–Crippen MR) is 54.3 cm³/mol. The molecule has 0 radical (unpaired) electrons. The second kappa shape index (κ2) is 4.46. The third-order valence-electron chi connectivity index (χ3n) is 2.30. The summed E-state index contributed by atoms with van der Waals surface area (Å²) in [7, 11) is 1.46. The lowest BCUT2D eigenvalue weighted by Crippen LogP contribution is -2.02. The summed E-state index contributed by atoms with van der Waals surface area (Å²) in [6, 6.07) is 4.36. The molecule has 0 aliphatic carbocycles. The maximum absolute atomic E-state index is 10.6. The monoisotopic (exact) mass is 225 g/mol. The molecule has 0 bridgehead atoms. The van der Waals surface area contributed by atoms with E-state index in [1.807, 2.05) is 0 Å². The van der Waals surface area contributed by atoms with Crippen molar-refractivity contribution in [3.8, 4) is 5.75 Å². The van der Waals surface area contributed by atoms with Crippen LogP contribution in [0.25, 0.3) is 0 Å². The zero-order valence-corrected chi connectivity index (χ0v) is 8.71. The van der Waals surface area contributed by atoms with Crippen molar-refractivity contribution in [3.63, 3.8) is 0 Å². The first-order chi connectivity index (χ1) is 7.72. The molecule has 0 saturated carbocycles. The standard InChI is InChI=1S/C10H11NO5/c1-14-9-6-7(11(12)13)2-3-8(9)10-15-4-5-16-10/h2-3,6,10H,4-5H2,1H3. The zero-order chi connectivity index (χ0) is 11.5. The lowest BCUT2D eigenvalue weighted by Gasteiger charge is -2.13. The second-order valence-corrected chi connectivity index (χ2v) is 3.26. The highest BCUT2D eigenvalue weighted by Gasteiger charge is 2.23. The molecule has 1 aliphatic rings. The fourth-order valence-electron chi connectivity index (χ4n) is 1.55. The van der Waals surface area contributed by atoms with Crippen LogP contribution in [0, 0.1) is 10.1 Å². The van der Waals surface area contributed by atoms with E-state index in [0.29, 0.717) is 24.5 Å². The molecule has 0 spiro atoms. The number of hydrogen-bond acceptors (Lipinski definition) is 5. The number of benzene rings is 1. The molecule has 6 nitrogen and oxygen atoms in total. The van der Waals surface area contributed by atoms with Gasteiger partial charge in [0.25, 0.3) is 5.69 Å². The number of nitro benzene ring substituents is 1. The Kier molecular flexibility index (Phi) is 3.02. The Labute approximate surface area is 91.9 Å². The summed E-state index contributed by atoms with van der Waals surface area (Å²) in [5, 5.41) is 10.6. The maximum atomic E-state index is 10.6. The van der Waals surface area contributed by atoms with Gasteiger partial charge in [0, 0.05) is 6.07 Å². The highest BCUT2D eigenvalue weighted by molar-refractivity contribution is 5.45. The van der Waals surface area contributed by atoms with E-state index in [2.05, 4.69) is 0 Å². The Morgan fingerprint density at radius 2 is 2.12 bits per heavy atom. The number of nitro groups is 1. The van der Waals surface area contributed by atoms with Crippen LogP contribution < -0.4 is 4.74 Å². The van der Waals surface area contributed by atoms with E-state index < -0.39 is 11.2 Å². The highest BCUT2D eigenvalue weighted by atomic mass is 16.7. The molecule has 6 heteroatoms. The van der Waals surface area contributed by atoms with Gasteiger partial charge in [0.1, 0.15) is 5.75 Å². The van der Waals surface area contributed by atoms with E-state index in [1.165, 1.54) is 19.2 Å². The van der Waals surface area contributed by atoms with Crippen LogP contribution in [0.4, 0.5) is 5.69 Å². The van der Waals surface area contributed by atoms with Gasteiger partial charge in [-0.15, -0.1) is 0 Å². The van der Waals surface area contributed by atoms with Crippen molar-refractivity contribution in [3.05, 3.63) is 33.9 Å². The Hall–Kier alpha value is -1.66. The summed E-state index contributed by atoms with van der Waals surface area (Å²) in [6.45, 7) is 1.04. The van der Waals surface area contributed by atoms with Crippen molar-refractivity contribution < 1.29 is 19.1 Å². The highest BCUT2D eigenvalue weighted by Crippen LogP contribution is 2.33. The summed E-state index contributed by atoms with van der Waals surface area (Å²) >= 11 is 0. The first kappa shape index (κ1) is 10.8. The average Bonchev–Trinajstić information content (AvgIpc) is 2.81. The zero-order valence-electron chi connectivity index (χ0n) is 8.71. The Balaban J connectivity index is 2.34. The van der Waals surface area contributed by atoms with Gasteiger partial charge < -0.3 is 14.2 Å². The molecule has 0 atom stereocenters. The molecule has 0 unspecified atom stereocenters. The van der Waals surface area contributed by atoms with Gasteiger partial charge in [-0.2, -0.15) is 0 Å². The summed E-state index contributed by atoms with van der Waals surface area (Å²) in [5.41, 5.74) is 0.657. The van der Waals surface area contributed by atoms with Crippen molar-refractivity contribution >= 4 is 5.69 Å². The summed E-state index contributed by atoms with van der Waals surface area (Å²) in [6.07, 6.45) is -0.490. The minimum atomic E-state index is -0.490. The Morgan fingerprint density at radius 3 is 2.69 bits per heavy atom. The smallest absolute Gasteiger partial charge is 0.273 e. The van der Waals surface area contributed by atoms with Crippen LogP contribution in [0.1, 0.15) is 11.9 Å². The van der Waals surface area contributed by atoms with Crippen LogP contribution in [0.3, 0.4) is 0 Å². The Bertz CT molecular complexity index is 400. The molecule has 0 aromatic heterocycles. The fourth-order valence-corrected chi connectivity index (χ4v) is 1.55. The molecular weight excluding hydrogens is 214 g/mol. The van der Waals surface area contributed by atoms with E-state index in [-0.39, 0.29) is 5.69 Å². The molecule has 1 heterocycles. The molecule has 1 fully saturated rings. The van der Waals surface area contributed by atoms with E-state index in [4.69, 9.17) is 14.2 Å². The van der Waals surface area contributed by atoms with Crippen molar-refractivity contribution in [2.24, 2.45) is 0 Å². The number of ether oxygens (including phenoxy) is 3. The van der Waals surface area contributed by atoms with Gasteiger partial charge in [-0.1, -0.05) is 0 Å². The number of non-ortho nitro benzene ring substituents is 1. The first-order valence-corrected chi connectivity index (χ1v) is 4.78. The molecule has 1 saturated heterocycles. The molecule has 86 valence electrons. The Morgan fingerprint density at radius 1 is 1.44 bits per heavy atom. The molecule has 16 heavy (non-hydrogen) atoms. The molecule has 1 aliphatic heterocycles. The van der Waals surface area contributed by atoms with Gasteiger partial charge in [-0.25, -0.2) is 0 Å². The van der Waals surface area contributed by atoms with Crippen molar-refractivity contribution in [1.29, 1.82) is 0 Å². The molecular formula is C10H11NO5. The van der Waals surface area contributed by atoms with E-state index in [9.17, 15) is 10.1 Å². The summed E-state index contributed by atoms with van der Waals surface area (Å²) < 4.78 is 15.7. The summed E-state index contributed by atoms with van der Waals surface area (Å²) in [4.78, 5) is 10.1. The van der Waals surface area contributed by atoms with Crippen LogP contribution in [-0.4, -0.2) is 25.2 Å². The largest absolute Gasteiger partial charge is 0.496 e. The normalized spacial score (nSPS) is 16.3. The van der Waals surface area contributed by atoms with Gasteiger partial charge in [-0.05, 0) is 6.07 Å². The van der Waals surface area contributed by atoms with E-state index in [0.717, 1.165) is 0 Å². The third kappa shape index (κ3) is 1.98. The summed E-state index contributed by atoms with van der Waals surface area (Å²) in [5.74, 6) is 0.404. The second-order valence-electron chi connectivity index (χ2n) is 3.26. The minimum Gasteiger partial charge on any atom is -0.496 e. The number of nitrogens with zero attached hydrogens (tertiary/aromatic N) is 1. The molecule has 2 rings (SSSR count). The van der Waals surface area contributed by atoms with Crippen LogP contribution in [0.15, 0.2) is 18.2 Å². The van der Waals surface area contributed by atoms with E-state index >= 15 is 0 Å². The quantitative estimate of drug-likeness (QED) is 0.577. The van der Waals surface area contributed by atoms with Gasteiger partial charge in [0.05, 0.1) is 36.9 Å². The SMILES string of the molecule is COc1cc([N+](=O)[O-])ccc1C1OCCO1. The average molecular weight is 225 g/mol. The van der Waals surface area contributed by atoms with Crippen LogP contribution >= 0.6 is 0 Å².